The predicted molar refractivity (Wildman–Crippen MR) is 117 cm³/mol. The fourth-order valence-electron chi connectivity index (χ4n) is 3.46. The van der Waals surface area contributed by atoms with Crippen LogP contribution in [0.15, 0.2) is 60.0 Å². The number of rotatable bonds is 6. The minimum Gasteiger partial charge on any atom is -0.272 e. The molecule has 2 amide bonds. The molecule has 0 spiro atoms. The van der Waals surface area contributed by atoms with Crippen molar-refractivity contribution in [3.8, 4) is 11.3 Å². The molecule has 1 aromatic heterocycles. The smallest absolute Gasteiger partial charge is 0.260 e. The Balaban J connectivity index is 1.72. The number of carbonyl (C=O) groups is 2. The third kappa shape index (κ3) is 3.68. The molecule has 5 nitrogen and oxygen atoms in total. The van der Waals surface area contributed by atoms with E-state index in [0.29, 0.717) is 17.2 Å². The van der Waals surface area contributed by atoms with Gasteiger partial charge in [-0.05, 0) is 25.5 Å². The molecule has 1 fully saturated rings. The fourth-order valence-corrected chi connectivity index (χ4v) is 4.29. The van der Waals surface area contributed by atoms with Gasteiger partial charge in [0.1, 0.15) is 5.92 Å². The first-order chi connectivity index (χ1) is 14.1. The molecule has 1 saturated heterocycles. The zero-order valence-corrected chi connectivity index (χ0v) is 17.4. The Kier molecular flexibility index (Phi) is 5.45. The summed E-state index contributed by atoms with van der Waals surface area (Å²) in [5.41, 5.74) is 3.65. The molecule has 0 bridgehead atoms. The number of aryl methyl sites for hydroxylation is 1. The first kappa shape index (κ1) is 19.3. The van der Waals surface area contributed by atoms with E-state index in [-0.39, 0.29) is 11.8 Å². The van der Waals surface area contributed by atoms with Crippen molar-refractivity contribution < 1.29 is 9.59 Å². The number of thiazole rings is 1. The lowest BCUT2D eigenvalue weighted by atomic mass is 10.0. The Labute approximate surface area is 174 Å². The van der Waals surface area contributed by atoms with Gasteiger partial charge in [0.15, 0.2) is 0 Å². The highest BCUT2D eigenvalue weighted by Gasteiger charge is 2.47. The maximum Gasteiger partial charge on any atom is 0.260 e. The molecule has 2 heterocycles. The van der Waals surface area contributed by atoms with Crippen LogP contribution in [0.1, 0.15) is 31.7 Å². The highest BCUT2D eigenvalue weighted by molar-refractivity contribution is 7.14. The van der Waals surface area contributed by atoms with Gasteiger partial charge in [-0.2, -0.15) is 5.01 Å². The summed E-state index contributed by atoms with van der Waals surface area (Å²) in [5, 5.41) is 5.39. The standard InChI is InChI=1S/C23H23N3O2S/c1-3-4-10-19-21(27)25(18-8-6-5-7-9-18)26(22(19)28)23-24-20(15-29-23)17-13-11-16(2)12-14-17/h5-9,11-15,19H,3-4,10H2,1-2H3. The molecule has 6 heteroatoms. The van der Waals surface area contributed by atoms with Gasteiger partial charge >= 0.3 is 0 Å². The van der Waals surface area contributed by atoms with Crippen molar-refractivity contribution in [3.63, 3.8) is 0 Å². The molecule has 0 N–H and O–H groups in total. The Morgan fingerprint density at radius 1 is 0.966 bits per heavy atom. The van der Waals surface area contributed by atoms with E-state index in [4.69, 9.17) is 4.98 Å². The van der Waals surface area contributed by atoms with Gasteiger partial charge in [-0.15, -0.1) is 11.3 Å². The van der Waals surface area contributed by atoms with E-state index in [9.17, 15) is 9.59 Å². The molecule has 1 unspecified atom stereocenters. The predicted octanol–water partition coefficient (Wildman–Crippen LogP) is 5.22. The quantitative estimate of drug-likeness (QED) is 0.528. The molecule has 0 saturated carbocycles. The Hall–Kier alpha value is -2.99. The minimum absolute atomic E-state index is 0.179. The molecule has 0 aliphatic carbocycles. The second-order valence-electron chi connectivity index (χ2n) is 7.21. The van der Waals surface area contributed by atoms with Crippen LogP contribution >= 0.6 is 11.3 Å². The van der Waals surface area contributed by atoms with Gasteiger partial charge in [-0.3, -0.25) is 9.59 Å². The third-order valence-corrected chi connectivity index (χ3v) is 5.90. The summed E-state index contributed by atoms with van der Waals surface area (Å²) < 4.78 is 0. The maximum atomic E-state index is 13.2. The summed E-state index contributed by atoms with van der Waals surface area (Å²) in [6.07, 6.45) is 2.34. The number of unbranched alkanes of at least 4 members (excludes halogenated alkanes) is 1. The number of carbonyl (C=O) groups excluding carboxylic acids is 2. The molecular formula is C23H23N3O2S. The number of benzene rings is 2. The van der Waals surface area contributed by atoms with Crippen molar-refractivity contribution >= 4 is 34.0 Å². The van der Waals surface area contributed by atoms with Crippen LogP contribution in [0.3, 0.4) is 0 Å². The lowest BCUT2D eigenvalue weighted by molar-refractivity contribution is -0.127. The molecule has 3 aromatic rings. The topological polar surface area (TPSA) is 53.5 Å². The van der Waals surface area contributed by atoms with Crippen molar-refractivity contribution in [2.45, 2.75) is 33.1 Å². The monoisotopic (exact) mass is 405 g/mol. The maximum absolute atomic E-state index is 13.2. The number of amides is 2. The number of hydrazine groups is 1. The highest BCUT2D eigenvalue weighted by atomic mass is 32.1. The Morgan fingerprint density at radius 3 is 2.34 bits per heavy atom. The molecular weight excluding hydrogens is 382 g/mol. The van der Waals surface area contributed by atoms with Gasteiger partial charge < -0.3 is 0 Å². The van der Waals surface area contributed by atoms with Crippen LogP contribution in [0, 0.1) is 12.8 Å². The number of para-hydroxylation sites is 1. The molecule has 1 atom stereocenters. The third-order valence-electron chi connectivity index (χ3n) is 5.08. The molecule has 0 radical (unpaired) electrons. The number of hydrogen-bond acceptors (Lipinski definition) is 4. The summed E-state index contributed by atoms with van der Waals surface area (Å²) in [4.78, 5) is 31.1. The Bertz CT molecular complexity index is 1010. The summed E-state index contributed by atoms with van der Waals surface area (Å²) in [5.74, 6) is -1.03. The van der Waals surface area contributed by atoms with E-state index in [1.54, 1.807) is 0 Å². The van der Waals surface area contributed by atoms with Crippen molar-refractivity contribution in [2.75, 3.05) is 10.0 Å². The average Bonchev–Trinajstić information content (AvgIpc) is 3.31. The first-order valence-electron chi connectivity index (χ1n) is 9.85. The lowest BCUT2D eigenvalue weighted by Gasteiger charge is -2.25. The number of nitrogens with zero attached hydrogens (tertiary/aromatic N) is 3. The van der Waals surface area contributed by atoms with E-state index < -0.39 is 5.92 Å². The van der Waals surface area contributed by atoms with Gasteiger partial charge in [-0.25, -0.2) is 9.99 Å². The van der Waals surface area contributed by atoms with Crippen LogP contribution in [0.5, 0.6) is 0 Å². The van der Waals surface area contributed by atoms with Gasteiger partial charge in [0.05, 0.1) is 11.4 Å². The SMILES string of the molecule is CCCCC1C(=O)N(c2ccccc2)N(c2nc(-c3ccc(C)cc3)cs2)C1=O. The molecule has 4 rings (SSSR count). The van der Waals surface area contributed by atoms with Crippen LogP contribution in [-0.4, -0.2) is 16.8 Å². The van der Waals surface area contributed by atoms with Crippen molar-refractivity contribution in [2.24, 2.45) is 5.92 Å². The van der Waals surface area contributed by atoms with E-state index in [1.165, 1.54) is 26.9 Å². The largest absolute Gasteiger partial charge is 0.272 e. The molecule has 1 aliphatic rings. The Morgan fingerprint density at radius 2 is 1.66 bits per heavy atom. The van der Waals surface area contributed by atoms with Crippen LogP contribution in [0.4, 0.5) is 10.8 Å². The van der Waals surface area contributed by atoms with E-state index in [2.05, 4.69) is 6.92 Å². The second kappa shape index (κ2) is 8.17. The van der Waals surface area contributed by atoms with E-state index >= 15 is 0 Å². The molecule has 29 heavy (non-hydrogen) atoms. The van der Waals surface area contributed by atoms with Crippen LogP contribution in [0.25, 0.3) is 11.3 Å². The average molecular weight is 406 g/mol. The highest BCUT2D eigenvalue weighted by Crippen LogP contribution is 2.36. The summed E-state index contributed by atoms with van der Waals surface area (Å²) in [7, 11) is 0. The van der Waals surface area contributed by atoms with Gasteiger partial charge in [0, 0.05) is 10.9 Å². The van der Waals surface area contributed by atoms with E-state index in [1.807, 2.05) is 66.9 Å². The second-order valence-corrected chi connectivity index (χ2v) is 8.05. The van der Waals surface area contributed by atoms with Crippen molar-refractivity contribution in [1.82, 2.24) is 4.98 Å². The normalized spacial score (nSPS) is 16.7. The summed E-state index contributed by atoms with van der Waals surface area (Å²) in [6.45, 7) is 4.10. The summed E-state index contributed by atoms with van der Waals surface area (Å²) in [6, 6.07) is 17.4. The van der Waals surface area contributed by atoms with Crippen LogP contribution in [-0.2, 0) is 9.59 Å². The lowest BCUT2D eigenvalue weighted by Crippen LogP contribution is -2.41. The number of aromatic nitrogens is 1. The van der Waals surface area contributed by atoms with Gasteiger partial charge in [0.25, 0.3) is 11.8 Å². The van der Waals surface area contributed by atoms with Crippen molar-refractivity contribution in [1.29, 1.82) is 0 Å². The zero-order chi connectivity index (χ0) is 20.4. The fraction of sp³-hybridized carbons (Fsp3) is 0.261. The van der Waals surface area contributed by atoms with Crippen molar-refractivity contribution in [3.05, 3.63) is 65.5 Å². The zero-order valence-electron chi connectivity index (χ0n) is 16.5. The van der Waals surface area contributed by atoms with Crippen LogP contribution < -0.4 is 10.0 Å². The molecule has 1 aliphatic heterocycles. The molecule has 2 aromatic carbocycles. The van der Waals surface area contributed by atoms with Gasteiger partial charge in [0.2, 0.25) is 5.13 Å². The van der Waals surface area contributed by atoms with E-state index in [0.717, 1.165) is 24.1 Å². The molecule has 148 valence electrons. The minimum atomic E-state index is -0.651. The van der Waals surface area contributed by atoms with Gasteiger partial charge in [-0.1, -0.05) is 67.8 Å². The van der Waals surface area contributed by atoms with Crippen LogP contribution in [0.2, 0.25) is 0 Å². The first-order valence-corrected chi connectivity index (χ1v) is 10.7. The summed E-state index contributed by atoms with van der Waals surface area (Å²) >= 11 is 1.38. The number of hydrogen-bond donors (Lipinski definition) is 0. The number of anilines is 2.